The van der Waals surface area contributed by atoms with Crippen molar-refractivity contribution in [3.05, 3.63) is 0 Å². The Kier molecular flexibility index (Phi) is 0.759. The summed E-state index contributed by atoms with van der Waals surface area (Å²) in [6.45, 7) is 0.319. The molecule has 1 N–H and O–H groups in total. The zero-order valence-corrected chi connectivity index (χ0v) is 3.16. The van der Waals surface area contributed by atoms with Crippen LogP contribution >= 0.6 is 0 Å². The SMILES string of the molecule is OC1C=NOC1. The number of aliphatic hydroxyl groups excluding tert-OH is 1. The van der Waals surface area contributed by atoms with E-state index in [0.29, 0.717) is 6.61 Å². The minimum atomic E-state index is -0.468. The largest absolute Gasteiger partial charge is 0.393 e. The summed E-state index contributed by atoms with van der Waals surface area (Å²) < 4.78 is 0. The lowest BCUT2D eigenvalue weighted by molar-refractivity contribution is 0.106. The van der Waals surface area contributed by atoms with Crippen LogP contribution in [0.15, 0.2) is 5.16 Å². The molecule has 6 heavy (non-hydrogen) atoms. The van der Waals surface area contributed by atoms with Crippen LogP contribution in [0.25, 0.3) is 0 Å². The Balaban J connectivity index is 2.38. The molecule has 0 bridgehead atoms. The van der Waals surface area contributed by atoms with Crippen molar-refractivity contribution in [3.63, 3.8) is 0 Å². The van der Waals surface area contributed by atoms with Gasteiger partial charge in [0.2, 0.25) is 0 Å². The lowest BCUT2D eigenvalue weighted by Gasteiger charge is -1.86. The number of oxime groups is 1. The zero-order chi connectivity index (χ0) is 4.41. The third kappa shape index (κ3) is 0.490. The van der Waals surface area contributed by atoms with Crippen molar-refractivity contribution in [2.45, 2.75) is 6.10 Å². The van der Waals surface area contributed by atoms with Crippen LogP contribution in [-0.4, -0.2) is 24.0 Å². The smallest absolute Gasteiger partial charge is 0.148 e. The fourth-order valence-corrected chi connectivity index (χ4v) is 0.276. The Morgan fingerprint density at radius 3 is 3.00 bits per heavy atom. The Morgan fingerprint density at radius 2 is 2.83 bits per heavy atom. The number of hydrogen-bond acceptors (Lipinski definition) is 3. The molecule has 0 spiro atoms. The fourth-order valence-electron chi connectivity index (χ4n) is 0.276. The summed E-state index contributed by atoms with van der Waals surface area (Å²) in [6, 6.07) is 0. The standard InChI is InChI=1S/C3H5NO2/c5-3-1-4-6-2-3/h1,3,5H,2H2. The van der Waals surface area contributed by atoms with Crippen molar-refractivity contribution in [1.82, 2.24) is 0 Å². The van der Waals surface area contributed by atoms with Crippen LogP contribution < -0.4 is 0 Å². The number of hydrogen-bond donors (Lipinski definition) is 1. The third-order valence-corrected chi connectivity index (χ3v) is 0.553. The van der Waals surface area contributed by atoms with E-state index < -0.39 is 6.10 Å². The van der Waals surface area contributed by atoms with Crippen molar-refractivity contribution >= 4 is 6.21 Å². The molecular weight excluding hydrogens is 82.0 g/mol. The average Bonchev–Trinajstić information content (AvgIpc) is 1.86. The minimum absolute atomic E-state index is 0.319. The molecule has 1 rings (SSSR count). The molecule has 0 aliphatic carbocycles. The molecule has 1 aliphatic heterocycles. The van der Waals surface area contributed by atoms with E-state index in [9.17, 15) is 0 Å². The van der Waals surface area contributed by atoms with Crippen LogP contribution in [0.3, 0.4) is 0 Å². The van der Waals surface area contributed by atoms with Crippen molar-refractivity contribution in [1.29, 1.82) is 0 Å². The summed E-state index contributed by atoms with van der Waals surface area (Å²) >= 11 is 0. The van der Waals surface area contributed by atoms with Gasteiger partial charge in [-0.2, -0.15) is 0 Å². The summed E-state index contributed by atoms with van der Waals surface area (Å²) in [5, 5.41) is 11.7. The highest BCUT2D eigenvalue weighted by atomic mass is 16.6. The molecule has 0 saturated carbocycles. The van der Waals surface area contributed by atoms with Gasteiger partial charge in [0, 0.05) is 0 Å². The Hall–Kier alpha value is -0.570. The van der Waals surface area contributed by atoms with E-state index in [-0.39, 0.29) is 0 Å². The monoisotopic (exact) mass is 87.0 g/mol. The molecule has 1 unspecified atom stereocenters. The number of aliphatic hydroxyl groups is 1. The molecule has 0 aromatic rings. The van der Waals surface area contributed by atoms with Gasteiger partial charge < -0.3 is 9.94 Å². The van der Waals surface area contributed by atoms with Gasteiger partial charge in [0.1, 0.15) is 12.7 Å². The molecule has 3 heteroatoms. The van der Waals surface area contributed by atoms with E-state index in [4.69, 9.17) is 5.11 Å². The van der Waals surface area contributed by atoms with Gasteiger partial charge in [-0.3, -0.25) is 0 Å². The topological polar surface area (TPSA) is 41.8 Å². The highest BCUT2D eigenvalue weighted by Crippen LogP contribution is 1.89. The Labute approximate surface area is 35.2 Å². The second-order valence-corrected chi connectivity index (χ2v) is 1.12. The first kappa shape index (κ1) is 3.61. The summed E-state index contributed by atoms with van der Waals surface area (Å²) in [6.07, 6.45) is 0.894. The van der Waals surface area contributed by atoms with Crippen molar-refractivity contribution in [2.24, 2.45) is 5.16 Å². The summed E-state index contributed by atoms with van der Waals surface area (Å²) in [5.41, 5.74) is 0. The van der Waals surface area contributed by atoms with Crippen LogP contribution in [0, 0.1) is 0 Å². The predicted molar refractivity (Wildman–Crippen MR) is 20.5 cm³/mol. The van der Waals surface area contributed by atoms with Gasteiger partial charge in [0.05, 0.1) is 6.21 Å². The van der Waals surface area contributed by atoms with E-state index in [2.05, 4.69) is 9.99 Å². The van der Waals surface area contributed by atoms with Gasteiger partial charge in [-0.25, -0.2) is 0 Å². The maximum atomic E-state index is 8.45. The van der Waals surface area contributed by atoms with Crippen molar-refractivity contribution in [2.75, 3.05) is 6.61 Å². The lowest BCUT2D eigenvalue weighted by Crippen LogP contribution is -2.06. The first-order valence-corrected chi connectivity index (χ1v) is 1.73. The molecule has 0 saturated heterocycles. The van der Waals surface area contributed by atoms with Gasteiger partial charge in [0.25, 0.3) is 0 Å². The van der Waals surface area contributed by atoms with Gasteiger partial charge in [0.15, 0.2) is 0 Å². The average molecular weight is 87.1 g/mol. The molecule has 34 valence electrons. The van der Waals surface area contributed by atoms with Crippen LogP contribution in [0.4, 0.5) is 0 Å². The number of rotatable bonds is 0. The highest BCUT2D eigenvalue weighted by Gasteiger charge is 2.04. The fraction of sp³-hybridized carbons (Fsp3) is 0.667. The minimum Gasteiger partial charge on any atom is -0.393 e. The molecule has 0 aromatic heterocycles. The molecule has 1 aliphatic rings. The molecule has 1 atom stereocenters. The van der Waals surface area contributed by atoms with Crippen molar-refractivity contribution < 1.29 is 9.94 Å². The van der Waals surface area contributed by atoms with Crippen LogP contribution in [0.2, 0.25) is 0 Å². The van der Waals surface area contributed by atoms with Crippen molar-refractivity contribution in [3.8, 4) is 0 Å². The molecule has 0 fully saturated rings. The maximum absolute atomic E-state index is 8.45. The normalized spacial score (nSPS) is 30.5. The first-order chi connectivity index (χ1) is 2.89. The Morgan fingerprint density at radius 1 is 2.00 bits per heavy atom. The van der Waals surface area contributed by atoms with Crippen LogP contribution in [0.1, 0.15) is 0 Å². The molecule has 0 amide bonds. The molecule has 0 radical (unpaired) electrons. The van der Waals surface area contributed by atoms with Gasteiger partial charge in [-0.15, -0.1) is 0 Å². The highest BCUT2D eigenvalue weighted by molar-refractivity contribution is 5.63. The first-order valence-electron chi connectivity index (χ1n) is 1.73. The molecule has 3 nitrogen and oxygen atoms in total. The second-order valence-electron chi connectivity index (χ2n) is 1.12. The van der Waals surface area contributed by atoms with E-state index in [0.717, 1.165) is 0 Å². The Bertz CT molecular complexity index is 71.2. The van der Waals surface area contributed by atoms with E-state index in [1.165, 1.54) is 6.21 Å². The van der Waals surface area contributed by atoms with Crippen LogP contribution in [-0.2, 0) is 4.84 Å². The van der Waals surface area contributed by atoms with Crippen LogP contribution in [0.5, 0.6) is 0 Å². The van der Waals surface area contributed by atoms with Gasteiger partial charge >= 0.3 is 0 Å². The molecule has 1 heterocycles. The second kappa shape index (κ2) is 1.26. The molecular formula is C3H5NO2. The summed E-state index contributed by atoms with van der Waals surface area (Å²) in [4.78, 5) is 4.38. The van der Waals surface area contributed by atoms with Gasteiger partial charge in [-0.05, 0) is 0 Å². The number of nitrogens with zero attached hydrogens (tertiary/aromatic N) is 1. The van der Waals surface area contributed by atoms with Gasteiger partial charge in [-0.1, -0.05) is 5.16 Å². The predicted octanol–water partition coefficient (Wildman–Crippen LogP) is -0.637. The van der Waals surface area contributed by atoms with E-state index in [1.54, 1.807) is 0 Å². The van der Waals surface area contributed by atoms with E-state index >= 15 is 0 Å². The zero-order valence-electron chi connectivity index (χ0n) is 3.16. The quantitative estimate of drug-likeness (QED) is 0.427. The maximum Gasteiger partial charge on any atom is 0.148 e. The third-order valence-electron chi connectivity index (χ3n) is 0.553. The lowest BCUT2D eigenvalue weighted by atomic mass is 10.4. The summed E-state index contributed by atoms with van der Waals surface area (Å²) in [7, 11) is 0. The molecule has 0 aromatic carbocycles. The van der Waals surface area contributed by atoms with E-state index in [1.807, 2.05) is 0 Å². The summed E-state index contributed by atoms with van der Waals surface area (Å²) in [5.74, 6) is 0.